The first-order valence-corrected chi connectivity index (χ1v) is 8.11. The summed E-state index contributed by atoms with van der Waals surface area (Å²) in [5, 5.41) is 6.04. The Morgan fingerprint density at radius 3 is 2.00 bits per heavy atom. The predicted octanol–water partition coefficient (Wildman–Crippen LogP) is 4.91. The molecule has 0 aliphatic carbocycles. The van der Waals surface area contributed by atoms with Crippen LogP contribution in [-0.2, 0) is 9.59 Å². The second-order valence-corrected chi connectivity index (χ2v) is 6.76. The van der Waals surface area contributed by atoms with Crippen LogP contribution in [0.15, 0.2) is 42.5 Å². The van der Waals surface area contributed by atoms with E-state index < -0.39 is 17.2 Å². The third kappa shape index (κ3) is 3.89. The van der Waals surface area contributed by atoms with Crippen LogP contribution in [0.2, 0.25) is 10.0 Å². The highest BCUT2D eigenvalue weighted by atomic mass is 35.5. The quantitative estimate of drug-likeness (QED) is 0.757. The molecule has 0 fully saturated rings. The molecule has 24 heavy (non-hydrogen) atoms. The van der Waals surface area contributed by atoms with Crippen LogP contribution in [0.5, 0.6) is 0 Å². The Kier molecular flexibility index (Phi) is 5.52. The van der Waals surface area contributed by atoms with E-state index in [9.17, 15) is 9.59 Å². The highest BCUT2D eigenvalue weighted by Gasteiger charge is 2.36. The normalized spacial score (nSPS) is 11.0. The largest absolute Gasteiger partial charge is 0.325 e. The van der Waals surface area contributed by atoms with Gasteiger partial charge in [-0.1, -0.05) is 47.5 Å². The lowest BCUT2D eigenvalue weighted by Gasteiger charge is -2.23. The summed E-state index contributed by atoms with van der Waals surface area (Å²) in [4.78, 5) is 25.1. The molecule has 6 heteroatoms. The zero-order chi connectivity index (χ0) is 17.9. The van der Waals surface area contributed by atoms with Crippen molar-refractivity contribution in [3.63, 3.8) is 0 Å². The maximum Gasteiger partial charge on any atom is 0.239 e. The molecule has 2 amide bonds. The van der Waals surface area contributed by atoms with E-state index in [0.717, 1.165) is 5.56 Å². The molecule has 0 aromatic heterocycles. The van der Waals surface area contributed by atoms with Gasteiger partial charge in [0.2, 0.25) is 11.8 Å². The summed E-state index contributed by atoms with van der Waals surface area (Å²) in [5.74, 6) is -0.916. The van der Waals surface area contributed by atoms with E-state index >= 15 is 0 Å². The SMILES string of the molecule is Cc1ccccc1NC(=O)C(C)(C)C(=O)Nc1c(Cl)cccc1Cl. The lowest BCUT2D eigenvalue weighted by Crippen LogP contribution is -2.41. The lowest BCUT2D eigenvalue weighted by atomic mass is 9.90. The molecule has 0 saturated carbocycles. The first-order chi connectivity index (χ1) is 11.2. The van der Waals surface area contributed by atoms with E-state index in [-0.39, 0.29) is 0 Å². The monoisotopic (exact) mass is 364 g/mol. The van der Waals surface area contributed by atoms with E-state index in [1.807, 2.05) is 25.1 Å². The van der Waals surface area contributed by atoms with Gasteiger partial charge in [0.05, 0.1) is 15.7 Å². The van der Waals surface area contributed by atoms with E-state index in [4.69, 9.17) is 23.2 Å². The molecule has 0 spiro atoms. The van der Waals surface area contributed by atoms with Gasteiger partial charge < -0.3 is 10.6 Å². The van der Waals surface area contributed by atoms with E-state index in [1.54, 1.807) is 38.1 Å². The minimum Gasteiger partial charge on any atom is -0.325 e. The maximum atomic E-state index is 12.6. The molecule has 0 aliphatic heterocycles. The van der Waals surface area contributed by atoms with Crippen molar-refractivity contribution in [2.75, 3.05) is 10.6 Å². The van der Waals surface area contributed by atoms with Gasteiger partial charge in [-0.15, -0.1) is 0 Å². The van der Waals surface area contributed by atoms with Crippen LogP contribution < -0.4 is 10.6 Å². The first-order valence-electron chi connectivity index (χ1n) is 7.36. The van der Waals surface area contributed by atoms with Gasteiger partial charge in [-0.3, -0.25) is 9.59 Å². The number of hydrogen-bond donors (Lipinski definition) is 2. The number of aryl methyl sites for hydroxylation is 1. The fraction of sp³-hybridized carbons (Fsp3) is 0.222. The number of amides is 2. The van der Waals surface area contributed by atoms with Gasteiger partial charge in [0.15, 0.2) is 0 Å². The summed E-state index contributed by atoms with van der Waals surface area (Å²) in [6.07, 6.45) is 0. The average molecular weight is 365 g/mol. The Labute approximate surface area is 151 Å². The summed E-state index contributed by atoms with van der Waals surface area (Å²) in [5.41, 5.74) is 0.558. The van der Waals surface area contributed by atoms with Crippen LogP contribution in [0.25, 0.3) is 0 Å². The number of carbonyl (C=O) groups is 2. The second-order valence-electron chi connectivity index (χ2n) is 5.94. The van der Waals surface area contributed by atoms with Crippen LogP contribution >= 0.6 is 23.2 Å². The Hall–Kier alpha value is -2.04. The molecular formula is C18H18Cl2N2O2. The zero-order valence-electron chi connectivity index (χ0n) is 13.6. The lowest BCUT2D eigenvalue weighted by molar-refractivity contribution is -0.135. The Balaban J connectivity index is 2.18. The summed E-state index contributed by atoms with van der Waals surface area (Å²) in [7, 11) is 0. The Morgan fingerprint density at radius 2 is 1.42 bits per heavy atom. The fourth-order valence-corrected chi connectivity index (χ4v) is 2.47. The third-order valence-corrected chi connectivity index (χ3v) is 4.36. The van der Waals surface area contributed by atoms with Crippen LogP contribution in [-0.4, -0.2) is 11.8 Å². The van der Waals surface area contributed by atoms with Crippen molar-refractivity contribution in [1.29, 1.82) is 0 Å². The summed E-state index contributed by atoms with van der Waals surface area (Å²) in [6.45, 7) is 4.97. The molecular weight excluding hydrogens is 347 g/mol. The van der Waals surface area contributed by atoms with Gasteiger partial charge >= 0.3 is 0 Å². The number of benzene rings is 2. The van der Waals surface area contributed by atoms with Gasteiger partial charge in [0, 0.05) is 5.69 Å². The molecule has 2 rings (SSSR count). The fourth-order valence-electron chi connectivity index (χ4n) is 1.98. The minimum atomic E-state index is -1.31. The van der Waals surface area contributed by atoms with E-state index in [1.165, 1.54) is 0 Å². The van der Waals surface area contributed by atoms with Gasteiger partial charge in [0.25, 0.3) is 0 Å². The summed E-state index contributed by atoms with van der Waals surface area (Å²) >= 11 is 12.1. The van der Waals surface area contributed by atoms with Gasteiger partial charge in [-0.05, 0) is 44.5 Å². The number of carbonyl (C=O) groups excluding carboxylic acids is 2. The molecule has 2 N–H and O–H groups in total. The molecule has 0 atom stereocenters. The maximum absolute atomic E-state index is 12.6. The van der Waals surface area contributed by atoms with Crippen molar-refractivity contribution in [3.05, 3.63) is 58.1 Å². The van der Waals surface area contributed by atoms with Crippen LogP contribution in [0, 0.1) is 12.3 Å². The van der Waals surface area contributed by atoms with Crippen molar-refractivity contribution in [2.24, 2.45) is 5.41 Å². The molecule has 0 bridgehead atoms. The average Bonchev–Trinajstić information content (AvgIpc) is 2.53. The van der Waals surface area contributed by atoms with E-state index in [2.05, 4.69) is 10.6 Å². The van der Waals surface area contributed by atoms with Crippen molar-refractivity contribution >= 4 is 46.4 Å². The second kappa shape index (κ2) is 7.24. The highest BCUT2D eigenvalue weighted by molar-refractivity contribution is 6.40. The topological polar surface area (TPSA) is 58.2 Å². The van der Waals surface area contributed by atoms with Crippen molar-refractivity contribution in [3.8, 4) is 0 Å². The standard InChI is InChI=1S/C18H18Cl2N2O2/c1-11-7-4-5-10-14(11)21-16(23)18(2,3)17(24)22-15-12(19)8-6-9-13(15)20/h4-10H,1-3H3,(H,21,23)(H,22,24). The summed E-state index contributed by atoms with van der Waals surface area (Å²) < 4.78 is 0. The molecule has 2 aromatic carbocycles. The Morgan fingerprint density at radius 1 is 0.875 bits per heavy atom. The number of hydrogen-bond acceptors (Lipinski definition) is 2. The van der Waals surface area contributed by atoms with Gasteiger partial charge in [-0.2, -0.15) is 0 Å². The smallest absolute Gasteiger partial charge is 0.239 e. The van der Waals surface area contributed by atoms with Crippen molar-refractivity contribution in [2.45, 2.75) is 20.8 Å². The van der Waals surface area contributed by atoms with Gasteiger partial charge in [0.1, 0.15) is 5.41 Å². The number of anilines is 2. The van der Waals surface area contributed by atoms with Crippen LogP contribution in [0.4, 0.5) is 11.4 Å². The van der Waals surface area contributed by atoms with Crippen molar-refractivity contribution in [1.82, 2.24) is 0 Å². The molecule has 0 radical (unpaired) electrons. The number of nitrogens with one attached hydrogen (secondary N) is 2. The Bertz CT molecular complexity index is 768. The number of rotatable bonds is 4. The molecule has 126 valence electrons. The van der Waals surface area contributed by atoms with Crippen LogP contribution in [0.3, 0.4) is 0 Å². The zero-order valence-corrected chi connectivity index (χ0v) is 15.1. The number of para-hydroxylation sites is 2. The summed E-state index contributed by atoms with van der Waals surface area (Å²) in [6, 6.07) is 12.3. The minimum absolute atomic E-state index is 0.294. The first kappa shape index (κ1) is 18.3. The number of halogens is 2. The van der Waals surface area contributed by atoms with Crippen molar-refractivity contribution < 1.29 is 9.59 Å². The molecule has 0 saturated heterocycles. The predicted molar refractivity (Wildman–Crippen MR) is 98.7 cm³/mol. The molecule has 0 aliphatic rings. The van der Waals surface area contributed by atoms with E-state index in [0.29, 0.717) is 21.4 Å². The molecule has 0 unspecified atom stereocenters. The van der Waals surface area contributed by atoms with Crippen LogP contribution in [0.1, 0.15) is 19.4 Å². The van der Waals surface area contributed by atoms with Gasteiger partial charge in [-0.25, -0.2) is 0 Å². The molecule has 2 aromatic rings. The third-order valence-electron chi connectivity index (χ3n) is 3.73. The molecule has 4 nitrogen and oxygen atoms in total. The molecule has 0 heterocycles. The highest BCUT2D eigenvalue weighted by Crippen LogP contribution is 2.32.